The van der Waals surface area contributed by atoms with Gasteiger partial charge in [0.2, 0.25) is 5.91 Å². The molecule has 0 atom stereocenters. The third-order valence-corrected chi connectivity index (χ3v) is 6.68. The Morgan fingerprint density at radius 3 is 2.27 bits per heavy atom. The van der Waals surface area contributed by atoms with Crippen molar-refractivity contribution < 1.29 is 4.79 Å². The van der Waals surface area contributed by atoms with Crippen LogP contribution < -0.4 is 9.80 Å². The van der Waals surface area contributed by atoms with Crippen LogP contribution in [0.15, 0.2) is 30.3 Å². The second kappa shape index (κ2) is 8.42. The van der Waals surface area contributed by atoms with E-state index in [1.165, 1.54) is 0 Å². The van der Waals surface area contributed by atoms with E-state index in [-0.39, 0.29) is 5.91 Å². The molecule has 1 saturated heterocycles. The van der Waals surface area contributed by atoms with Gasteiger partial charge < -0.3 is 14.7 Å². The number of hydrogen-bond donors (Lipinski definition) is 0. The molecule has 0 spiro atoms. The van der Waals surface area contributed by atoms with Crippen molar-refractivity contribution in [2.75, 3.05) is 50.1 Å². The monoisotopic (exact) mass is 427 g/mol. The smallest absolute Gasteiger partial charge is 0.233 e. The minimum atomic E-state index is -0.393. The van der Waals surface area contributed by atoms with E-state index in [4.69, 9.17) is 11.6 Å². The molecule has 1 aliphatic heterocycles. The summed E-state index contributed by atoms with van der Waals surface area (Å²) in [5, 5.41) is 0.713. The number of aromatic nitrogens is 2. The zero-order chi connectivity index (χ0) is 21.3. The zero-order valence-electron chi connectivity index (χ0n) is 18.1. The number of piperazine rings is 1. The Hall–Kier alpha value is -2.34. The standard InChI is InChI=1S/C23H30ClN5O/c1-17-25-20(27(2)3)16-21(26-17)28-12-14-29(15-13-28)22(30)23(10-4-5-11-23)18-6-8-19(24)9-7-18/h6-9,16H,4-5,10-15H2,1-3H3. The highest BCUT2D eigenvalue weighted by Gasteiger charge is 2.45. The van der Waals surface area contributed by atoms with Crippen molar-refractivity contribution in [1.29, 1.82) is 0 Å². The van der Waals surface area contributed by atoms with Crippen molar-refractivity contribution in [3.05, 3.63) is 46.7 Å². The van der Waals surface area contributed by atoms with E-state index >= 15 is 0 Å². The molecule has 2 fully saturated rings. The lowest BCUT2D eigenvalue weighted by atomic mass is 9.77. The Bertz CT molecular complexity index is 900. The highest BCUT2D eigenvalue weighted by Crippen LogP contribution is 2.43. The molecule has 0 radical (unpaired) electrons. The van der Waals surface area contributed by atoms with E-state index in [2.05, 4.69) is 19.8 Å². The molecule has 2 heterocycles. The number of halogens is 1. The van der Waals surface area contributed by atoms with Gasteiger partial charge >= 0.3 is 0 Å². The summed E-state index contributed by atoms with van der Waals surface area (Å²) in [4.78, 5) is 29.1. The van der Waals surface area contributed by atoms with Crippen LogP contribution >= 0.6 is 11.6 Å². The first-order valence-corrected chi connectivity index (χ1v) is 11.1. The van der Waals surface area contributed by atoms with Gasteiger partial charge in [0, 0.05) is 51.4 Å². The van der Waals surface area contributed by atoms with Crippen molar-refractivity contribution in [3.8, 4) is 0 Å². The number of benzene rings is 1. The molecule has 2 aromatic rings. The summed E-state index contributed by atoms with van der Waals surface area (Å²) in [6, 6.07) is 9.91. The Morgan fingerprint density at radius 1 is 1.03 bits per heavy atom. The van der Waals surface area contributed by atoms with Crippen LogP contribution in [0.25, 0.3) is 0 Å². The Labute approximate surface area is 183 Å². The lowest BCUT2D eigenvalue weighted by molar-refractivity contribution is -0.137. The first kappa shape index (κ1) is 20.9. The Balaban J connectivity index is 1.49. The van der Waals surface area contributed by atoms with Crippen LogP contribution in [0.1, 0.15) is 37.1 Å². The molecule has 4 rings (SSSR count). The molecule has 1 aromatic heterocycles. The number of carbonyl (C=O) groups excluding carboxylic acids is 1. The largest absolute Gasteiger partial charge is 0.363 e. The number of rotatable bonds is 4. The fourth-order valence-corrected chi connectivity index (χ4v) is 4.87. The van der Waals surface area contributed by atoms with Gasteiger partial charge in [-0.1, -0.05) is 36.6 Å². The van der Waals surface area contributed by atoms with Crippen LogP contribution in [0.3, 0.4) is 0 Å². The van der Waals surface area contributed by atoms with Crippen molar-refractivity contribution in [3.63, 3.8) is 0 Å². The highest BCUT2D eigenvalue weighted by molar-refractivity contribution is 6.30. The summed E-state index contributed by atoms with van der Waals surface area (Å²) in [6.07, 6.45) is 4.04. The van der Waals surface area contributed by atoms with Gasteiger partial charge in [0.05, 0.1) is 5.41 Å². The molecule has 2 aliphatic rings. The van der Waals surface area contributed by atoms with Crippen molar-refractivity contribution in [2.45, 2.75) is 38.0 Å². The molecule has 0 unspecified atom stereocenters. The average Bonchev–Trinajstić information content (AvgIpc) is 3.24. The van der Waals surface area contributed by atoms with E-state index in [0.717, 1.165) is 61.8 Å². The third kappa shape index (κ3) is 3.97. The fourth-order valence-electron chi connectivity index (χ4n) is 4.74. The van der Waals surface area contributed by atoms with Crippen LogP contribution in [-0.2, 0) is 10.2 Å². The van der Waals surface area contributed by atoms with Crippen molar-refractivity contribution in [2.24, 2.45) is 0 Å². The van der Waals surface area contributed by atoms with Gasteiger partial charge in [0.1, 0.15) is 17.5 Å². The van der Waals surface area contributed by atoms with E-state index in [0.29, 0.717) is 18.1 Å². The number of nitrogens with zero attached hydrogens (tertiary/aromatic N) is 5. The summed E-state index contributed by atoms with van der Waals surface area (Å²) in [6.45, 7) is 4.92. The maximum absolute atomic E-state index is 13.7. The molecule has 0 N–H and O–H groups in total. The normalized spacial score (nSPS) is 18.5. The first-order chi connectivity index (χ1) is 14.4. The van der Waals surface area contributed by atoms with Gasteiger partial charge in [-0.15, -0.1) is 0 Å². The van der Waals surface area contributed by atoms with Gasteiger partial charge in [-0.25, -0.2) is 9.97 Å². The summed E-state index contributed by atoms with van der Waals surface area (Å²) in [5.41, 5.74) is 0.718. The molecular weight excluding hydrogens is 398 g/mol. The second-order valence-electron chi connectivity index (χ2n) is 8.60. The minimum Gasteiger partial charge on any atom is -0.363 e. The molecule has 1 aromatic carbocycles. The van der Waals surface area contributed by atoms with Crippen LogP contribution in [0, 0.1) is 6.92 Å². The predicted molar refractivity (Wildman–Crippen MR) is 121 cm³/mol. The molecule has 6 nitrogen and oxygen atoms in total. The van der Waals surface area contributed by atoms with E-state index in [9.17, 15) is 4.79 Å². The predicted octanol–water partition coefficient (Wildman–Crippen LogP) is 3.67. The molecule has 7 heteroatoms. The van der Waals surface area contributed by atoms with Crippen LogP contribution in [0.5, 0.6) is 0 Å². The van der Waals surface area contributed by atoms with Gasteiger partial charge in [0.25, 0.3) is 0 Å². The number of amides is 1. The molecule has 1 amide bonds. The Kier molecular flexibility index (Phi) is 5.87. The van der Waals surface area contributed by atoms with E-state index in [1.54, 1.807) is 0 Å². The lowest BCUT2D eigenvalue weighted by Gasteiger charge is -2.40. The van der Waals surface area contributed by atoms with Gasteiger partial charge in [0.15, 0.2) is 0 Å². The van der Waals surface area contributed by atoms with E-state index in [1.807, 2.05) is 56.3 Å². The molecule has 30 heavy (non-hydrogen) atoms. The topological polar surface area (TPSA) is 52.6 Å². The van der Waals surface area contributed by atoms with Crippen LogP contribution in [0.2, 0.25) is 5.02 Å². The van der Waals surface area contributed by atoms with Gasteiger partial charge in [-0.2, -0.15) is 0 Å². The highest BCUT2D eigenvalue weighted by atomic mass is 35.5. The molecule has 160 valence electrons. The summed E-state index contributed by atoms with van der Waals surface area (Å²) in [5.74, 6) is 2.88. The molecule has 1 aliphatic carbocycles. The van der Waals surface area contributed by atoms with Crippen molar-refractivity contribution in [1.82, 2.24) is 14.9 Å². The number of hydrogen-bond acceptors (Lipinski definition) is 5. The van der Waals surface area contributed by atoms with Crippen LogP contribution in [-0.4, -0.2) is 61.0 Å². The fraction of sp³-hybridized carbons (Fsp3) is 0.522. The maximum Gasteiger partial charge on any atom is 0.233 e. The summed E-state index contributed by atoms with van der Waals surface area (Å²) in [7, 11) is 3.97. The molecule has 1 saturated carbocycles. The summed E-state index contributed by atoms with van der Waals surface area (Å²) >= 11 is 6.09. The Morgan fingerprint density at radius 2 is 1.67 bits per heavy atom. The minimum absolute atomic E-state index is 0.273. The number of aryl methyl sites for hydroxylation is 1. The second-order valence-corrected chi connectivity index (χ2v) is 9.04. The van der Waals surface area contributed by atoms with Crippen molar-refractivity contribution >= 4 is 29.1 Å². The zero-order valence-corrected chi connectivity index (χ0v) is 18.8. The van der Waals surface area contributed by atoms with Crippen LogP contribution in [0.4, 0.5) is 11.6 Å². The molecule has 0 bridgehead atoms. The maximum atomic E-state index is 13.7. The van der Waals surface area contributed by atoms with E-state index < -0.39 is 5.41 Å². The van der Waals surface area contributed by atoms with Gasteiger partial charge in [-0.3, -0.25) is 4.79 Å². The quantitative estimate of drug-likeness (QED) is 0.745. The number of anilines is 2. The SMILES string of the molecule is Cc1nc(N(C)C)cc(N2CCN(C(=O)C3(c4ccc(Cl)cc4)CCCC3)CC2)n1. The third-order valence-electron chi connectivity index (χ3n) is 6.42. The average molecular weight is 428 g/mol. The lowest BCUT2D eigenvalue weighted by Crippen LogP contribution is -2.54. The number of carbonyl (C=O) groups is 1. The summed E-state index contributed by atoms with van der Waals surface area (Å²) < 4.78 is 0. The first-order valence-electron chi connectivity index (χ1n) is 10.7. The molecular formula is C23H30ClN5O. The van der Waals surface area contributed by atoms with Gasteiger partial charge in [-0.05, 0) is 37.5 Å².